The van der Waals surface area contributed by atoms with Crippen LogP contribution < -0.4 is 10.1 Å². The molecule has 4 nitrogen and oxygen atoms in total. The zero-order valence-corrected chi connectivity index (χ0v) is 18.5. The molecule has 0 radical (unpaired) electrons. The number of alkyl halides is 3. The van der Waals surface area contributed by atoms with Gasteiger partial charge in [0, 0.05) is 26.1 Å². The van der Waals surface area contributed by atoms with E-state index in [-0.39, 0.29) is 37.9 Å². The van der Waals surface area contributed by atoms with Crippen molar-refractivity contribution in [3.05, 3.63) is 64.7 Å². The number of hydrogen-bond donors (Lipinski definition) is 1. The third kappa shape index (κ3) is 5.69. The van der Waals surface area contributed by atoms with E-state index in [2.05, 4.69) is 11.2 Å². The quantitative estimate of drug-likeness (QED) is 0.572. The van der Waals surface area contributed by atoms with Gasteiger partial charge in [0.05, 0.1) is 25.0 Å². The summed E-state index contributed by atoms with van der Waals surface area (Å²) in [5, 5.41) is 2.85. The van der Waals surface area contributed by atoms with E-state index in [0.717, 1.165) is 16.7 Å². The van der Waals surface area contributed by atoms with Gasteiger partial charge in [-0.1, -0.05) is 36.3 Å². The summed E-state index contributed by atoms with van der Waals surface area (Å²) in [6.45, 7) is 3.28. The van der Waals surface area contributed by atoms with Crippen LogP contribution in [0.15, 0.2) is 42.5 Å². The van der Waals surface area contributed by atoms with Crippen molar-refractivity contribution in [2.45, 2.75) is 51.0 Å². The second-order valence-electron chi connectivity index (χ2n) is 8.88. The second kappa shape index (κ2) is 9.48. The maximum absolute atomic E-state index is 14.9. The maximum Gasteiger partial charge on any atom is 0.255 e. The van der Waals surface area contributed by atoms with Crippen LogP contribution in [0.2, 0.25) is 0 Å². The number of nitrogens with one attached hydrogen (secondary N) is 1. The summed E-state index contributed by atoms with van der Waals surface area (Å²) < 4.78 is 46.5. The van der Waals surface area contributed by atoms with Gasteiger partial charge in [0.25, 0.3) is 5.92 Å². The van der Waals surface area contributed by atoms with E-state index in [4.69, 9.17) is 11.2 Å². The van der Waals surface area contributed by atoms with E-state index in [1.54, 1.807) is 12.1 Å². The van der Waals surface area contributed by atoms with Gasteiger partial charge in [0.2, 0.25) is 5.91 Å². The Labute approximate surface area is 192 Å². The molecule has 1 amide bonds. The van der Waals surface area contributed by atoms with Gasteiger partial charge in [0.1, 0.15) is 11.9 Å². The zero-order valence-electron chi connectivity index (χ0n) is 18.5. The molecule has 3 atom stereocenters. The van der Waals surface area contributed by atoms with Crippen LogP contribution in [0.4, 0.5) is 13.2 Å². The monoisotopic (exact) mass is 456 g/mol. The van der Waals surface area contributed by atoms with Gasteiger partial charge < -0.3 is 10.1 Å². The lowest BCUT2D eigenvalue weighted by Gasteiger charge is -2.31. The molecule has 2 aromatic rings. The lowest BCUT2D eigenvalue weighted by atomic mass is 9.97. The summed E-state index contributed by atoms with van der Waals surface area (Å²) in [7, 11) is 0. The van der Waals surface area contributed by atoms with Gasteiger partial charge in [-0.2, -0.15) is 0 Å². The van der Waals surface area contributed by atoms with Gasteiger partial charge >= 0.3 is 0 Å². The van der Waals surface area contributed by atoms with Crippen LogP contribution in [-0.4, -0.2) is 29.9 Å². The Morgan fingerprint density at radius 2 is 2.03 bits per heavy atom. The van der Waals surface area contributed by atoms with Crippen LogP contribution in [0.3, 0.4) is 0 Å². The predicted octanol–water partition coefficient (Wildman–Crippen LogP) is 4.95. The van der Waals surface area contributed by atoms with E-state index in [1.807, 2.05) is 42.2 Å². The minimum atomic E-state index is -2.62. The number of amides is 1. The molecule has 1 N–H and O–H groups in total. The van der Waals surface area contributed by atoms with Gasteiger partial charge in [-0.3, -0.25) is 9.69 Å². The van der Waals surface area contributed by atoms with Crippen molar-refractivity contribution in [2.24, 2.45) is 5.92 Å². The number of ether oxygens (including phenoxy) is 1. The average Bonchev–Trinajstić information content (AvgIpc) is 3.39. The SMILES string of the molecule is C#CCC(=O)N[C@@H](C)c1ccc(CN2Cc3ccc(OCC4CC4(F)F)cc3C(F)C2)cc1. The molecule has 7 heteroatoms. The van der Waals surface area contributed by atoms with Crippen LogP contribution in [-0.2, 0) is 17.9 Å². The molecule has 4 rings (SSSR count). The first-order valence-electron chi connectivity index (χ1n) is 11.1. The number of terminal acetylenes is 1. The van der Waals surface area contributed by atoms with Crippen molar-refractivity contribution in [1.82, 2.24) is 10.2 Å². The van der Waals surface area contributed by atoms with Crippen LogP contribution in [0, 0.1) is 18.3 Å². The van der Waals surface area contributed by atoms with Gasteiger partial charge in [-0.25, -0.2) is 13.2 Å². The molecule has 0 saturated heterocycles. The summed E-state index contributed by atoms with van der Waals surface area (Å²) >= 11 is 0. The first-order chi connectivity index (χ1) is 15.7. The lowest BCUT2D eigenvalue weighted by Crippen LogP contribution is -2.31. The Morgan fingerprint density at radius 3 is 2.70 bits per heavy atom. The Balaban J connectivity index is 1.33. The Bertz CT molecular complexity index is 1050. The van der Waals surface area contributed by atoms with Crippen molar-refractivity contribution >= 4 is 5.91 Å². The Kier molecular flexibility index (Phi) is 6.66. The molecule has 1 fully saturated rings. The van der Waals surface area contributed by atoms with Crippen LogP contribution in [0.1, 0.15) is 54.2 Å². The van der Waals surface area contributed by atoms with Crippen molar-refractivity contribution in [3.63, 3.8) is 0 Å². The van der Waals surface area contributed by atoms with Crippen molar-refractivity contribution < 1.29 is 22.7 Å². The number of hydrogen-bond acceptors (Lipinski definition) is 3. The molecular formula is C26H27F3N2O2. The Morgan fingerprint density at radius 1 is 1.30 bits per heavy atom. The number of rotatable bonds is 8. The highest BCUT2D eigenvalue weighted by Gasteiger charge is 2.57. The largest absolute Gasteiger partial charge is 0.493 e. The highest BCUT2D eigenvalue weighted by atomic mass is 19.3. The van der Waals surface area contributed by atoms with Crippen molar-refractivity contribution in [3.8, 4) is 18.1 Å². The number of benzene rings is 2. The predicted molar refractivity (Wildman–Crippen MR) is 119 cm³/mol. The molecule has 33 heavy (non-hydrogen) atoms. The van der Waals surface area contributed by atoms with E-state index in [0.29, 0.717) is 24.4 Å². The second-order valence-corrected chi connectivity index (χ2v) is 8.88. The summed E-state index contributed by atoms with van der Waals surface area (Å²) in [4.78, 5) is 13.7. The standard InChI is InChI=1S/C26H27F3N2O2/c1-3-4-25(32)30-17(2)19-7-5-18(6-8-19)13-31-14-20-9-10-22(11-23(20)24(27)15-31)33-16-21-12-26(21,28)29/h1,5-11,17,21,24H,4,12-16H2,2H3,(H,30,32)/t17-,21?,24?/m0/s1. The zero-order chi connectivity index (χ0) is 23.6. The van der Waals surface area contributed by atoms with Crippen LogP contribution in [0.5, 0.6) is 5.75 Å². The molecule has 2 aliphatic rings. The molecule has 1 aliphatic heterocycles. The smallest absolute Gasteiger partial charge is 0.255 e. The normalized spacial score (nSPS) is 22.0. The maximum atomic E-state index is 14.9. The molecular weight excluding hydrogens is 429 g/mol. The summed E-state index contributed by atoms with van der Waals surface area (Å²) in [6, 6.07) is 12.9. The molecule has 1 aliphatic carbocycles. The molecule has 0 aromatic heterocycles. The number of fused-ring (bicyclic) bond motifs is 1. The lowest BCUT2D eigenvalue weighted by molar-refractivity contribution is -0.120. The first-order valence-corrected chi connectivity index (χ1v) is 11.1. The number of carbonyl (C=O) groups excluding carboxylic acids is 1. The summed E-state index contributed by atoms with van der Waals surface area (Å²) in [5.41, 5.74) is 3.45. The molecule has 1 heterocycles. The molecule has 0 bridgehead atoms. The molecule has 174 valence electrons. The molecule has 2 aromatic carbocycles. The van der Waals surface area contributed by atoms with Crippen molar-refractivity contribution in [1.29, 1.82) is 0 Å². The third-order valence-electron chi connectivity index (χ3n) is 6.20. The van der Waals surface area contributed by atoms with E-state index in [9.17, 15) is 18.0 Å². The molecule has 0 spiro atoms. The third-order valence-corrected chi connectivity index (χ3v) is 6.20. The molecule has 1 saturated carbocycles. The fourth-order valence-electron chi connectivity index (χ4n) is 4.14. The van der Waals surface area contributed by atoms with E-state index >= 15 is 0 Å². The minimum absolute atomic E-state index is 0.0446. The topological polar surface area (TPSA) is 41.6 Å². The van der Waals surface area contributed by atoms with E-state index < -0.39 is 18.0 Å². The number of halogens is 3. The Hall–Kier alpha value is -2.98. The summed E-state index contributed by atoms with van der Waals surface area (Å²) in [5.74, 6) is -0.782. The van der Waals surface area contributed by atoms with Crippen LogP contribution >= 0.6 is 0 Å². The summed E-state index contributed by atoms with van der Waals surface area (Å²) in [6.07, 6.45) is 3.90. The first kappa shape index (κ1) is 23.2. The van der Waals surface area contributed by atoms with Gasteiger partial charge in [-0.15, -0.1) is 6.42 Å². The number of nitrogens with zero attached hydrogens (tertiary/aromatic N) is 1. The number of carbonyl (C=O) groups is 1. The fraction of sp³-hybridized carbons (Fsp3) is 0.423. The molecule has 2 unspecified atom stereocenters. The fourth-order valence-corrected chi connectivity index (χ4v) is 4.14. The van der Waals surface area contributed by atoms with Gasteiger partial charge in [0.15, 0.2) is 0 Å². The average molecular weight is 457 g/mol. The van der Waals surface area contributed by atoms with Crippen LogP contribution in [0.25, 0.3) is 0 Å². The minimum Gasteiger partial charge on any atom is -0.493 e. The van der Waals surface area contributed by atoms with Crippen molar-refractivity contribution in [2.75, 3.05) is 13.2 Å². The highest BCUT2D eigenvalue weighted by Crippen LogP contribution is 2.48. The van der Waals surface area contributed by atoms with Gasteiger partial charge in [-0.05, 0) is 41.3 Å². The van der Waals surface area contributed by atoms with E-state index in [1.165, 1.54) is 0 Å². The highest BCUT2D eigenvalue weighted by molar-refractivity contribution is 5.78.